The largest absolute Gasteiger partial charge is 0.463 e. The molecule has 1 rings (SSSR count). The van der Waals surface area contributed by atoms with Crippen molar-refractivity contribution in [1.82, 2.24) is 15.0 Å². The summed E-state index contributed by atoms with van der Waals surface area (Å²) in [6.07, 6.45) is -1.79. The smallest absolute Gasteiger partial charge is 0.323 e. The van der Waals surface area contributed by atoms with E-state index in [1.54, 1.807) is 7.05 Å². The SMILES string of the molecule is CCCOc1nc(NC)nc(N(CCO)CC(F)F)n1. The van der Waals surface area contributed by atoms with Crippen LogP contribution in [0.3, 0.4) is 0 Å². The van der Waals surface area contributed by atoms with Crippen LogP contribution in [0.2, 0.25) is 0 Å². The molecule has 9 heteroatoms. The Morgan fingerprint density at radius 1 is 1.35 bits per heavy atom. The van der Waals surface area contributed by atoms with Crippen LogP contribution in [0.1, 0.15) is 13.3 Å². The van der Waals surface area contributed by atoms with Crippen LogP contribution in [0.25, 0.3) is 0 Å². The summed E-state index contributed by atoms with van der Waals surface area (Å²) in [5.41, 5.74) is 0. The fourth-order valence-corrected chi connectivity index (χ4v) is 1.42. The molecule has 0 unspecified atom stereocenters. The van der Waals surface area contributed by atoms with Gasteiger partial charge in [-0.05, 0) is 6.42 Å². The van der Waals surface area contributed by atoms with Gasteiger partial charge in [-0.25, -0.2) is 8.78 Å². The molecule has 0 spiro atoms. The highest BCUT2D eigenvalue weighted by Gasteiger charge is 2.17. The van der Waals surface area contributed by atoms with Gasteiger partial charge in [0.05, 0.1) is 19.8 Å². The molecular formula is C11H19F2N5O2. The molecule has 2 N–H and O–H groups in total. The van der Waals surface area contributed by atoms with Gasteiger partial charge in [0.1, 0.15) is 0 Å². The number of halogens is 2. The molecule has 1 aromatic rings. The van der Waals surface area contributed by atoms with Gasteiger partial charge in [0.25, 0.3) is 6.43 Å². The Kier molecular flexibility index (Phi) is 6.85. The molecular weight excluding hydrogens is 272 g/mol. The molecule has 1 heterocycles. The van der Waals surface area contributed by atoms with Crippen LogP contribution in [0.15, 0.2) is 0 Å². The number of nitrogens with one attached hydrogen (secondary N) is 1. The second-order valence-corrected chi connectivity index (χ2v) is 3.90. The predicted molar refractivity (Wildman–Crippen MR) is 70.5 cm³/mol. The topological polar surface area (TPSA) is 83.4 Å². The highest BCUT2D eigenvalue weighted by molar-refractivity contribution is 5.38. The van der Waals surface area contributed by atoms with E-state index in [1.165, 1.54) is 4.90 Å². The fourth-order valence-electron chi connectivity index (χ4n) is 1.42. The van der Waals surface area contributed by atoms with Crippen molar-refractivity contribution in [1.29, 1.82) is 0 Å². The number of anilines is 2. The maximum absolute atomic E-state index is 12.5. The number of hydrogen-bond acceptors (Lipinski definition) is 7. The van der Waals surface area contributed by atoms with E-state index in [9.17, 15) is 8.78 Å². The minimum absolute atomic E-state index is 0.00469. The molecule has 0 aromatic carbocycles. The van der Waals surface area contributed by atoms with Crippen molar-refractivity contribution in [3.05, 3.63) is 0 Å². The Hall–Kier alpha value is -1.77. The van der Waals surface area contributed by atoms with Gasteiger partial charge in [-0.3, -0.25) is 0 Å². The maximum atomic E-state index is 12.5. The van der Waals surface area contributed by atoms with Crippen molar-refractivity contribution in [3.8, 4) is 6.01 Å². The predicted octanol–water partition coefficient (Wildman–Crippen LogP) is 0.766. The standard InChI is InChI=1S/C11H19F2N5O2/c1-3-6-20-11-16-9(14-2)15-10(17-11)18(4-5-19)7-8(12)13/h8,19H,3-7H2,1-2H3,(H,14,15,16,17). The molecule has 0 aliphatic rings. The number of alkyl halides is 2. The van der Waals surface area contributed by atoms with Crippen molar-refractivity contribution < 1.29 is 18.6 Å². The highest BCUT2D eigenvalue weighted by Crippen LogP contribution is 2.16. The first-order valence-corrected chi connectivity index (χ1v) is 6.31. The second kappa shape index (κ2) is 8.41. The molecule has 0 bridgehead atoms. The fraction of sp³-hybridized carbons (Fsp3) is 0.727. The van der Waals surface area contributed by atoms with E-state index in [-0.39, 0.29) is 31.1 Å². The number of nitrogens with zero attached hydrogens (tertiary/aromatic N) is 4. The summed E-state index contributed by atoms with van der Waals surface area (Å²) >= 11 is 0. The second-order valence-electron chi connectivity index (χ2n) is 3.90. The number of rotatable bonds is 9. The Balaban J connectivity index is 2.98. The van der Waals surface area contributed by atoms with E-state index < -0.39 is 13.0 Å². The molecule has 7 nitrogen and oxygen atoms in total. The summed E-state index contributed by atoms with van der Waals surface area (Å²) in [5.74, 6) is 0.267. The van der Waals surface area contributed by atoms with Crippen LogP contribution in [-0.4, -0.2) is 59.8 Å². The lowest BCUT2D eigenvalue weighted by Gasteiger charge is -2.21. The van der Waals surface area contributed by atoms with E-state index in [1.807, 2.05) is 6.92 Å². The minimum atomic E-state index is -2.56. The van der Waals surface area contributed by atoms with Gasteiger partial charge in [-0.2, -0.15) is 15.0 Å². The lowest BCUT2D eigenvalue weighted by molar-refractivity contribution is 0.152. The number of aliphatic hydroxyl groups is 1. The molecule has 0 aliphatic carbocycles. The van der Waals surface area contributed by atoms with E-state index in [0.717, 1.165) is 6.42 Å². The van der Waals surface area contributed by atoms with E-state index >= 15 is 0 Å². The third-order valence-electron chi connectivity index (χ3n) is 2.27. The van der Waals surface area contributed by atoms with E-state index in [4.69, 9.17) is 9.84 Å². The first-order chi connectivity index (χ1) is 9.60. The van der Waals surface area contributed by atoms with E-state index in [0.29, 0.717) is 6.61 Å². The molecule has 0 aliphatic heterocycles. The first kappa shape index (κ1) is 16.3. The van der Waals surface area contributed by atoms with Crippen molar-refractivity contribution >= 4 is 11.9 Å². The van der Waals surface area contributed by atoms with Crippen molar-refractivity contribution in [2.24, 2.45) is 0 Å². The average Bonchev–Trinajstić information content (AvgIpc) is 2.43. The first-order valence-electron chi connectivity index (χ1n) is 6.31. The van der Waals surface area contributed by atoms with Gasteiger partial charge < -0.3 is 20.1 Å². The van der Waals surface area contributed by atoms with Gasteiger partial charge >= 0.3 is 6.01 Å². The van der Waals surface area contributed by atoms with Crippen LogP contribution in [-0.2, 0) is 0 Å². The summed E-state index contributed by atoms with van der Waals surface area (Å²) in [6, 6.07) is 0.0680. The van der Waals surface area contributed by atoms with Crippen LogP contribution in [0.5, 0.6) is 6.01 Å². The zero-order chi connectivity index (χ0) is 15.0. The summed E-state index contributed by atoms with van der Waals surface area (Å²) < 4.78 is 30.4. The van der Waals surface area contributed by atoms with Gasteiger partial charge in [0, 0.05) is 13.6 Å². The molecule has 0 saturated heterocycles. The molecule has 0 atom stereocenters. The molecule has 0 saturated carbocycles. The third-order valence-corrected chi connectivity index (χ3v) is 2.27. The monoisotopic (exact) mass is 291 g/mol. The van der Waals surface area contributed by atoms with Crippen molar-refractivity contribution in [2.45, 2.75) is 19.8 Å². The van der Waals surface area contributed by atoms with Gasteiger partial charge in [0.15, 0.2) is 0 Å². The summed E-state index contributed by atoms with van der Waals surface area (Å²) in [7, 11) is 1.60. The van der Waals surface area contributed by atoms with Gasteiger partial charge in [0.2, 0.25) is 11.9 Å². The van der Waals surface area contributed by atoms with E-state index in [2.05, 4.69) is 20.3 Å². The van der Waals surface area contributed by atoms with Crippen molar-refractivity contribution in [3.63, 3.8) is 0 Å². The lowest BCUT2D eigenvalue weighted by Crippen LogP contribution is -2.33. The zero-order valence-electron chi connectivity index (χ0n) is 11.5. The van der Waals surface area contributed by atoms with Crippen molar-refractivity contribution in [2.75, 3.05) is 43.6 Å². The normalized spacial score (nSPS) is 10.7. The zero-order valence-corrected chi connectivity index (χ0v) is 11.5. The molecule has 0 radical (unpaired) electrons. The van der Waals surface area contributed by atoms with Crippen LogP contribution in [0.4, 0.5) is 20.7 Å². The summed E-state index contributed by atoms with van der Waals surface area (Å²) in [6.45, 7) is 1.50. The quantitative estimate of drug-likeness (QED) is 0.695. The summed E-state index contributed by atoms with van der Waals surface area (Å²) in [4.78, 5) is 13.2. The highest BCUT2D eigenvalue weighted by atomic mass is 19.3. The Morgan fingerprint density at radius 2 is 2.10 bits per heavy atom. The molecule has 1 aromatic heterocycles. The molecule has 0 fully saturated rings. The third kappa shape index (κ3) is 5.08. The van der Waals surface area contributed by atoms with Crippen LogP contribution >= 0.6 is 0 Å². The minimum Gasteiger partial charge on any atom is -0.463 e. The summed E-state index contributed by atoms with van der Waals surface area (Å²) in [5, 5.41) is 11.7. The van der Waals surface area contributed by atoms with Gasteiger partial charge in [-0.1, -0.05) is 6.92 Å². The van der Waals surface area contributed by atoms with Crippen LogP contribution < -0.4 is 15.0 Å². The maximum Gasteiger partial charge on any atom is 0.323 e. The Labute approximate surface area is 116 Å². The number of aliphatic hydroxyl groups excluding tert-OH is 1. The lowest BCUT2D eigenvalue weighted by atomic mass is 10.5. The number of hydrogen-bond donors (Lipinski definition) is 2. The Morgan fingerprint density at radius 3 is 2.65 bits per heavy atom. The molecule has 20 heavy (non-hydrogen) atoms. The Bertz CT molecular complexity index is 408. The molecule has 0 amide bonds. The molecule has 114 valence electrons. The number of ether oxygens (including phenoxy) is 1. The average molecular weight is 291 g/mol. The van der Waals surface area contributed by atoms with Crippen LogP contribution in [0, 0.1) is 0 Å². The number of aromatic nitrogens is 3. The van der Waals surface area contributed by atoms with Gasteiger partial charge in [-0.15, -0.1) is 0 Å².